The third-order valence-corrected chi connectivity index (χ3v) is 5.58. The number of aliphatic imine (C=N–C) groups is 1. The minimum Gasteiger partial charge on any atom is -0.490 e. The number of nitrogens with one attached hydrogen (secondary N) is 3. The first kappa shape index (κ1) is 26.0. The summed E-state index contributed by atoms with van der Waals surface area (Å²) < 4.78 is 6.03. The Bertz CT molecular complexity index is 865. The summed E-state index contributed by atoms with van der Waals surface area (Å²) in [4.78, 5) is 16.1. The van der Waals surface area contributed by atoms with Gasteiger partial charge in [0.05, 0.1) is 6.10 Å². The number of amides is 1. The molecule has 1 saturated carbocycles. The molecule has 0 unspecified atom stereocenters. The smallest absolute Gasteiger partial charge is 0.251 e. The zero-order valence-corrected chi connectivity index (χ0v) is 21.4. The summed E-state index contributed by atoms with van der Waals surface area (Å²) in [5.41, 5.74) is 3.07. The number of halogens is 1. The van der Waals surface area contributed by atoms with E-state index in [-0.39, 0.29) is 29.9 Å². The van der Waals surface area contributed by atoms with E-state index in [9.17, 15) is 4.79 Å². The van der Waals surface area contributed by atoms with Crippen LogP contribution in [0.1, 0.15) is 47.2 Å². The third-order valence-electron chi connectivity index (χ3n) is 5.58. The minimum absolute atomic E-state index is 0. The van der Waals surface area contributed by atoms with Gasteiger partial charge in [-0.05, 0) is 73.9 Å². The Kier molecular flexibility index (Phi) is 11.3. The SMILES string of the molecule is CN=C(NCCc1ccc(OC2CCCC2)cc1)NCCc1cccc(C(=O)NC)c1.I. The van der Waals surface area contributed by atoms with Crippen LogP contribution in [0.15, 0.2) is 53.5 Å². The predicted molar refractivity (Wildman–Crippen MR) is 141 cm³/mol. The number of carbonyl (C=O) groups excluding carboxylic acids is 1. The molecule has 0 aliphatic heterocycles. The van der Waals surface area contributed by atoms with Gasteiger partial charge < -0.3 is 20.7 Å². The lowest BCUT2D eigenvalue weighted by Gasteiger charge is -2.14. The van der Waals surface area contributed by atoms with Crippen molar-refractivity contribution < 1.29 is 9.53 Å². The number of hydrogen-bond acceptors (Lipinski definition) is 3. The maximum absolute atomic E-state index is 11.8. The molecule has 0 bridgehead atoms. The van der Waals surface area contributed by atoms with E-state index in [2.05, 4.69) is 45.2 Å². The van der Waals surface area contributed by atoms with Gasteiger partial charge in [-0.1, -0.05) is 24.3 Å². The number of ether oxygens (including phenoxy) is 1. The highest BCUT2D eigenvalue weighted by Gasteiger charge is 2.16. The first-order valence-electron chi connectivity index (χ1n) is 11.2. The number of nitrogens with zero attached hydrogens (tertiary/aromatic N) is 1. The monoisotopic (exact) mass is 550 g/mol. The van der Waals surface area contributed by atoms with Crippen LogP contribution in [0.3, 0.4) is 0 Å². The molecule has 0 aromatic heterocycles. The molecule has 174 valence electrons. The zero-order chi connectivity index (χ0) is 21.9. The number of carbonyl (C=O) groups is 1. The lowest BCUT2D eigenvalue weighted by Crippen LogP contribution is -2.39. The summed E-state index contributed by atoms with van der Waals surface area (Å²) in [5.74, 6) is 1.69. The lowest BCUT2D eigenvalue weighted by atomic mass is 10.1. The summed E-state index contributed by atoms with van der Waals surface area (Å²) in [7, 11) is 3.42. The second kappa shape index (κ2) is 14.0. The molecule has 2 aromatic carbocycles. The topological polar surface area (TPSA) is 74.8 Å². The van der Waals surface area contributed by atoms with Crippen LogP contribution in [-0.2, 0) is 12.8 Å². The summed E-state index contributed by atoms with van der Waals surface area (Å²) >= 11 is 0. The van der Waals surface area contributed by atoms with E-state index in [0.29, 0.717) is 11.7 Å². The fraction of sp³-hybridized carbons (Fsp3) is 0.440. The van der Waals surface area contributed by atoms with Crippen molar-refractivity contribution in [3.63, 3.8) is 0 Å². The Labute approximate surface area is 208 Å². The van der Waals surface area contributed by atoms with E-state index in [0.717, 1.165) is 43.2 Å². The predicted octanol–water partition coefficient (Wildman–Crippen LogP) is 3.94. The molecule has 2 aromatic rings. The zero-order valence-electron chi connectivity index (χ0n) is 19.0. The van der Waals surface area contributed by atoms with Crippen molar-refractivity contribution in [3.05, 3.63) is 65.2 Å². The van der Waals surface area contributed by atoms with Gasteiger partial charge in [-0.3, -0.25) is 9.79 Å². The number of guanidine groups is 1. The molecule has 1 fully saturated rings. The normalized spacial score (nSPS) is 13.9. The van der Waals surface area contributed by atoms with E-state index < -0.39 is 0 Å². The highest BCUT2D eigenvalue weighted by molar-refractivity contribution is 14.0. The molecule has 1 aliphatic rings. The van der Waals surface area contributed by atoms with Crippen LogP contribution in [0, 0.1) is 0 Å². The molecule has 32 heavy (non-hydrogen) atoms. The van der Waals surface area contributed by atoms with Crippen molar-refractivity contribution in [1.29, 1.82) is 0 Å². The van der Waals surface area contributed by atoms with Gasteiger partial charge in [-0.15, -0.1) is 24.0 Å². The Morgan fingerprint density at radius 1 is 1.00 bits per heavy atom. The van der Waals surface area contributed by atoms with Crippen LogP contribution >= 0.6 is 24.0 Å². The molecule has 1 aliphatic carbocycles. The average molecular weight is 550 g/mol. The summed E-state index contributed by atoms with van der Waals surface area (Å²) in [6.45, 7) is 1.54. The quantitative estimate of drug-likeness (QED) is 0.251. The van der Waals surface area contributed by atoms with Crippen LogP contribution in [0.5, 0.6) is 5.75 Å². The third kappa shape index (κ3) is 8.33. The molecule has 0 heterocycles. The molecule has 3 rings (SSSR count). The lowest BCUT2D eigenvalue weighted by molar-refractivity contribution is 0.0963. The largest absolute Gasteiger partial charge is 0.490 e. The van der Waals surface area contributed by atoms with Crippen molar-refractivity contribution in [2.24, 2.45) is 4.99 Å². The highest BCUT2D eigenvalue weighted by atomic mass is 127. The van der Waals surface area contributed by atoms with Crippen LogP contribution in [0.4, 0.5) is 0 Å². The Morgan fingerprint density at radius 2 is 1.66 bits per heavy atom. The van der Waals surface area contributed by atoms with Crippen LogP contribution in [-0.4, -0.2) is 45.2 Å². The fourth-order valence-electron chi connectivity index (χ4n) is 3.82. The van der Waals surface area contributed by atoms with Gasteiger partial charge in [0, 0.05) is 32.7 Å². The summed E-state index contributed by atoms with van der Waals surface area (Å²) in [6.07, 6.45) is 7.05. The van der Waals surface area contributed by atoms with Crippen molar-refractivity contribution in [3.8, 4) is 5.75 Å². The van der Waals surface area contributed by atoms with Crippen molar-refractivity contribution in [2.45, 2.75) is 44.6 Å². The molecule has 3 N–H and O–H groups in total. The first-order valence-corrected chi connectivity index (χ1v) is 11.2. The second-order valence-corrected chi connectivity index (χ2v) is 7.87. The molecule has 0 saturated heterocycles. The van der Waals surface area contributed by atoms with Crippen LogP contribution < -0.4 is 20.7 Å². The summed E-state index contributed by atoms with van der Waals surface area (Å²) in [6, 6.07) is 16.1. The van der Waals surface area contributed by atoms with Crippen molar-refractivity contribution >= 4 is 35.8 Å². The van der Waals surface area contributed by atoms with Crippen LogP contribution in [0.25, 0.3) is 0 Å². The van der Waals surface area contributed by atoms with Gasteiger partial charge in [-0.25, -0.2) is 0 Å². The maximum atomic E-state index is 11.8. The average Bonchev–Trinajstić information content (AvgIpc) is 3.32. The van der Waals surface area contributed by atoms with E-state index in [1.807, 2.05) is 24.3 Å². The molecular formula is C25H35IN4O2. The van der Waals surface area contributed by atoms with Crippen molar-refractivity contribution in [2.75, 3.05) is 27.2 Å². The van der Waals surface area contributed by atoms with E-state index >= 15 is 0 Å². The van der Waals surface area contributed by atoms with Gasteiger partial charge in [0.1, 0.15) is 5.75 Å². The van der Waals surface area contributed by atoms with Gasteiger partial charge in [0.15, 0.2) is 5.96 Å². The van der Waals surface area contributed by atoms with Gasteiger partial charge >= 0.3 is 0 Å². The highest BCUT2D eigenvalue weighted by Crippen LogP contribution is 2.24. The molecule has 0 spiro atoms. The maximum Gasteiger partial charge on any atom is 0.251 e. The molecule has 0 atom stereocenters. The van der Waals surface area contributed by atoms with E-state index in [1.54, 1.807) is 14.1 Å². The van der Waals surface area contributed by atoms with Gasteiger partial charge in [0.25, 0.3) is 5.91 Å². The molecule has 7 heteroatoms. The van der Waals surface area contributed by atoms with Gasteiger partial charge in [0.2, 0.25) is 0 Å². The number of benzene rings is 2. The Hall–Kier alpha value is -2.29. The molecule has 6 nitrogen and oxygen atoms in total. The summed E-state index contributed by atoms with van der Waals surface area (Å²) in [5, 5.41) is 9.35. The van der Waals surface area contributed by atoms with E-state index in [1.165, 1.54) is 31.2 Å². The van der Waals surface area contributed by atoms with Crippen LogP contribution in [0.2, 0.25) is 0 Å². The Balaban J connectivity index is 0.00000363. The van der Waals surface area contributed by atoms with E-state index in [4.69, 9.17) is 4.74 Å². The van der Waals surface area contributed by atoms with Gasteiger partial charge in [-0.2, -0.15) is 0 Å². The number of hydrogen-bond donors (Lipinski definition) is 3. The second-order valence-electron chi connectivity index (χ2n) is 7.87. The standard InChI is InChI=1S/C25H34N4O2.HI/c1-26-24(30)21-7-5-6-20(18-21)15-17-29-25(27-2)28-16-14-19-10-12-23(13-11-19)31-22-8-3-4-9-22;/h5-7,10-13,18,22H,3-4,8-9,14-17H2,1-2H3,(H,26,30)(H2,27,28,29);1H. The Morgan fingerprint density at radius 3 is 2.28 bits per heavy atom. The fourth-order valence-corrected chi connectivity index (χ4v) is 3.82. The molecule has 0 radical (unpaired) electrons. The molecule has 1 amide bonds. The number of rotatable bonds is 9. The first-order chi connectivity index (χ1) is 15.2. The minimum atomic E-state index is -0.0644. The molecular weight excluding hydrogens is 515 g/mol. The van der Waals surface area contributed by atoms with Crippen molar-refractivity contribution in [1.82, 2.24) is 16.0 Å².